The van der Waals surface area contributed by atoms with Crippen LogP contribution in [0.3, 0.4) is 0 Å². The smallest absolute Gasteiger partial charge is 0.305 e. The predicted octanol–water partition coefficient (Wildman–Crippen LogP) is 5.81. The van der Waals surface area contributed by atoms with Crippen molar-refractivity contribution in [2.45, 2.75) is 97.2 Å². The van der Waals surface area contributed by atoms with Gasteiger partial charge in [-0.2, -0.15) is 0 Å². The van der Waals surface area contributed by atoms with Crippen molar-refractivity contribution in [3.63, 3.8) is 0 Å². The van der Waals surface area contributed by atoms with E-state index >= 15 is 0 Å². The first kappa shape index (κ1) is 42.4. The quantitative estimate of drug-likeness (QED) is 0.0498. The highest BCUT2D eigenvalue weighted by Crippen LogP contribution is 2.36. The topological polar surface area (TPSA) is 100 Å². The first-order valence-corrected chi connectivity index (χ1v) is 19.5. The number of carbonyl (C=O) groups is 1. The third-order valence-corrected chi connectivity index (χ3v) is 11.7. The molecule has 0 bridgehead atoms. The normalized spacial score (nSPS) is 12.2. The maximum Gasteiger partial charge on any atom is 0.305 e. The van der Waals surface area contributed by atoms with E-state index in [1.807, 2.05) is 0 Å². The van der Waals surface area contributed by atoms with Crippen LogP contribution in [0.25, 0.3) is 0 Å². The molecule has 0 spiro atoms. The minimum Gasteiger partial charge on any atom is -0.463 e. The summed E-state index contributed by atoms with van der Waals surface area (Å²) >= 11 is 0. The molecule has 0 radical (unpaired) electrons. The summed E-state index contributed by atoms with van der Waals surface area (Å²) in [6.07, 6.45) is 8.83. The van der Waals surface area contributed by atoms with Gasteiger partial charge in [-0.3, -0.25) is 4.79 Å². The second-order valence-corrected chi connectivity index (χ2v) is 16.8. The van der Waals surface area contributed by atoms with E-state index < -0.39 is 8.32 Å². The van der Waals surface area contributed by atoms with E-state index in [2.05, 4.69) is 40.8 Å². The maximum atomic E-state index is 11.7. The molecule has 10 nitrogen and oxygen atoms in total. The Morgan fingerprint density at radius 1 is 0.488 bits per heavy atom. The van der Waals surface area contributed by atoms with Crippen molar-refractivity contribution >= 4 is 14.3 Å². The molecule has 0 atom stereocenters. The Balaban J connectivity index is 3.19. The monoisotopic (exact) mass is 638 g/mol. The largest absolute Gasteiger partial charge is 0.463 e. The second kappa shape index (κ2) is 30.0. The fraction of sp³-hybridized carbons (Fsp3) is 0.969. The van der Waals surface area contributed by atoms with Crippen molar-refractivity contribution in [3.8, 4) is 0 Å². The van der Waals surface area contributed by atoms with E-state index in [4.69, 9.17) is 42.3 Å². The lowest BCUT2D eigenvalue weighted by atomic mass is 10.1. The van der Waals surface area contributed by atoms with Gasteiger partial charge in [-0.05, 0) is 24.6 Å². The average molecular weight is 639 g/mol. The third kappa shape index (κ3) is 29.8. The highest BCUT2D eigenvalue weighted by Gasteiger charge is 2.36. The van der Waals surface area contributed by atoms with Gasteiger partial charge in [0.1, 0.15) is 6.61 Å². The van der Waals surface area contributed by atoms with E-state index in [0.29, 0.717) is 112 Å². The molecule has 11 heteroatoms. The summed E-state index contributed by atoms with van der Waals surface area (Å²) in [5.74, 6) is -0.136. The number of esters is 1. The van der Waals surface area contributed by atoms with Gasteiger partial charge in [-0.25, -0.2) is 0 Å². The summed E-state index contributed by atoms with van der Waals surface area (Å²) < 4.78 is 49.7. The number of rotatable bonds is 33. The van der Waals surface area contributed by atoms with Crippen LogP contribution in [-0.4, -0.2) is 120 Å². The number of unbranched alkanes of at least 4 members (excludes halogenated alkanes) is 6. The minimum atomic E-state index is -1.70. The van der Waals surface area contributed by atoms with Crippen molar-refractivity contribution < 1.29 is 47.1 Å². The molecular weight excluding hydrogens is 572 g/mol. The predicted molar refractivity (Wildman–Crippen MR) is 172 cm³/mol. The highest BCUT2D eigenvalue weighted by atomic mass is 28.4. The molecule has 0 N–H and O–H groups in total. The molecule has 0 aliphatic rings. The van der Waals surface area contributed by atoms with Crippen LogP contribution in [0.15, 0.2) is 0 Å². The average Bonchev–Trinajstić information content (AvgIpc) is 2.96. The van der Waals surface area contributed by atoms with Gasteiger partial charge in [0.05, 0.1) is 99.1 Å². The molecule has 0 heterocycles. The Hall–Kier alpha value is -0.633. The van der Waals surface area contributed by atoms with Crippen molar-refractivity contribution in [3.05, 3.63) is 0 Å². The lowest BCUT2D eigenvalue weighted by Crippen LogP contribution is -2.41. The molecule has 0 amide bonds. The van der Waals surface area contributed by atoms with E-state index in [1.165, 1.54) is 32.1 Å². The van der Waals surface area contributed by atoms with E-state index in [1.54, 1.807) is 0 Å². The Labute approximate surface area is 264 Å². The molecule has 258 valence electrons. The van der Waals surface area contributed by atoms with Gasteiger partial charge in [0.2, 0.25) is 0 Å². The van der Waals surface area contributed by atoms with Gasteiger partial charge in [-0.1, -0.05) is 66.2 Å². The zero-order valence-electron chi connectivity index (χ0n) is 28.6. The summed E-state index contributed by atoms with van der Waals surface area (Å²) in [5, 5.41) is 0.218. The van der Waals surface area contributed by atoms with Crippen LogP contribution >= 0.6 is 0 Å². The second-order valence-electron chi connectivity index (χ2n) is 12.0. The Bertz CT molecular complexity index is 601. The van der Waals surface area contributed by atoms with Crippen LogP contribution in [0.1, 0.15) is 79.1 Å². The zero-order chi connectivity index (χ0) is 31.9. The number of carbonyl (C=O) groups excluding carboxylic acids is 1. The lowest BCUT2D eigenvalue weighted by molar-refractivity contribution is -0.145. The SMILES string of the molecule is CCCCCCCCCC(=O)OCCOCCOCCOCCOCCOCCOCCOCCO[Si](C)(C)C(C)(C)C. The van der Waals surface area contributed by atoms with Gasteiger partial charge in [0.15, 0.2) is 8.32 Å². The molecule has 0 aliphatic carbocycles. The van der Waals surface area contributed by atoms with Crippen LogP contribution < -0.4 is 0 Å². The van der Waals surface area contributed by atoms with E-state index in [9.17, 15) is 4.79 Å². The number of hydrogen-bond donors (Lipinski definition) is 0. The van der Waals surface area contributed by atoms with Gasteiger partial charge < -0.3 is 42.3 Å². The van der Waals surface area contributed by atoms with E-state index in [0.717, 1.165) is 12.8 Å². The molecule has 0 unspecified atom stereocenters. The molecule has 0 aromatic rings. The van der Waals surface area contributed by atoms with Gasteiger partial charge >= 0.3 is 5.97 Å². The molecular formula is C32H66O10Si. The molecule has 0 saturated heterocycles. The molecule has 0 rings (SSSR count). The van der Waals surface area contributed by atoms with Crippen molar-refractivity contribution in [2.24, 2.45) is 0 Å². The van der Waals surface area contributed by atoms with Gasteiger partial charge in [0.25, 0.3) is 0 Å². The van der Waals surface area contributed by atoms with Crippen LogP contribution in [0.4, 0.5) is 0 Å². The lowest BCUT2D eigenvalue weighted by Gasteiger charge is -2.36. The van der Waals surface area contributed by atoms with Crippen LogP contribution in [0.5, 0.6) is 0 Å². The van der Waals surface area contributed by atoms with Crippen LogP contribution in [-0.2, 0) is 47.1 Å². The first-order chi connectivity index (χ1) is 20.7. The molecule has 0 fully saturated rings. The molecule has 0 aromatic heterocycles. The number of hydrogen-bond acceptors (Lipinski definition) is 10. The molecule has 0 aliphatic heterocycles. The zero-order valence-corrected chi connectivity index (χ0v) is 29.6. The summed E-state index contributed by atoms with van der Waals surface area (Å²) in [7, 11) is -1.70. The van der Waals surface area contributed by atoms with Crippen molar-refractivity contribution in [1.29, 1.82) is 0 Å². The van der Waals surface area contributed by atoms with Crippen LogP contribution in [0, 0.1) is 0 Å². The summed E-state index contributed by atoms with van der Waals surface area (Å²) in [5.41, 5.74) is 0. The first-order valence-electron chi connectivity index (χ1n) is 16.5. The molecule has 0 saturated carbocycles. The third-order valence-electron chi connectivity index (χ3n) is 7.20. The van der Waals surface area contributed by atoms with Crippen LogP contribution in [0.2, 0.25) is 18.1 Å². The number of ether oxygens (including phenoxy) is 8. The fourth-order valence-electron chi connectivity index (χ4n) is 3.51. The minimum absolute atomic E-state index is 0.136. The fourth-order valence-corrected chi connectivity index (χ4v) is 4.53. The summed E-state index contributed by atoms with van der Waals surface area (Å²) in [6.45, 7) is 21.5. The molecule has 43 heavy (non-hydrogen) atoms. The Morgan fingerprint density at radius 2 is 0.814 bits per heavy atom. The van der Waals surface area contributed by atoms with Crippen molar-refractivity contribution in [1.82, 2.24) is 0 Å². The summed E-state index contributed by atoms with van der Waals surface area (Å²) in [4.78, 5) is 11.7. The molecule has 0 aromatic carbocycles. The standard InChI is InChI=1S/C32H66O10Si/c1-7-8-9-10-11-12-13-14-31(33)41-29-27-39-25-23-37-21-19-35-17-15-34-16-18-36-20-22-38-24-26-40-28-30-42-43(5,6)32(2,3)4/h7-30H2,1-6H3. The van der Waals surface area contributed by atoms with Crippen molar-refractivity contribution in [2.75, 3.05) is 106 Å². The van der Waals surface area contributed by atoms with Gasteiger partial charge in [-0.15, -0.1) is 0 Å². The Morgan fingerprint density at radius 3 is 1.19 bits per heavy atom. The van der Waals surface area contributed by atoms with Gasteiger partial charge in [0, 0.05) is 6.42 Å². The summed E-state index contributed by atoms with van der Waals surface area (Å²) in [6, 6.07) is 0. The highest BCUT2D eigenvalue weighted by molar-refractivity contribution is 6.74. The Kier molecular flexibility index (Phi) is 29.6. The van der Waals surface area contributed by atoms with E-state index in [-0.39, 0.29) is 11.0 Å². The maximum absolute atomic E-state index is 11.7.